The van der Waals surface area contributed by atoms with Gasteiger partial charge in [-0.25, -0.2) is 0 Å². The van der Waals surface area contributed by atoms with E-state index in [9.17, 15) is 4.79 Å². The fraction of sp³-hybridized carbons (Fsp3) is 0.294. The molecule has 0 N–H and O–H groups in total. The predicted octanol–water partition coefficient (Wildman–Crippen LogP) is 3.95. The molecule has 108 valence electrons. The Labute approximate surface area is 133 Å². The molecule has 1 fully saturated rings. The Morgan fingerprint density at radius 2 is 1.90 bits per heavy atom. The molecule has 1 aromatic carbocycles. The van der Waals surface area contributed by atoms with E-state index in [-0.39, 0.29) is 11.9 Å². The summed E-state index contributed by atoms with van der Waals surface area (Å²) in [6, 6.07) is 12.0. The molecule has 2 heterocycles. The lowest BCUT2D eigenvalue weighted by Gasteiger charge is -2.25. The third-order valence-electron chi connectivity index (χ3n) is 3.96. The van der Waals surface area contributed by atoms with Gasteiger partial charge in [0.25, 0.3) is 5.91 Å². The van der Waals surface area contributed by atoms with Crippen LogP contribution in [0.25, 0.3) is 0 Å². The monoisotopic (exact) mass is 344 g/mol. The van der Waals surface area contributed by atoms with Crippen LogP contribution in [0.3, 0.4) is 0 Å². The van der Waals surface area contributed by atoms with E-state index in [0.29, 0.717) is 0 Å². The Kier molecular flexibility index (Phi) is 4.34. The van der Waals surface area contributed by atoms with Crippen molar-refractivity contribution >= 4 is 21.8 Å². The summed E-state index contributed by atoms with van der Waals surface area (Å²) in [5, 5.41) is 0.810. The molecular formula is C17H17BrN2O. The van der Waals surface area contributed by atoms with Crippen LogP contribution in [0, 0.1) is 0 Å². The Balaban J connectivity index is 1.82. The van der Waals surface area contributed by atoms with Crippen molar-refractivity contribution in [3.63, 3.8) is 0 Å². The first-order chi connectivity index (χ1) is 10.3. The summed E-state index contributed by atoms with van der Waals surface area (Å²) in [6.45, 7) is 0.825. The maximum Gasteiger partial charge on any atom is 0.254 e. The van der Waals surface area contributed by atoms with E-state index in [4.69, 9.17) is 0 Å². The number of alkyl halides is 1. The van der Waals surface area contributed by atoms with E-state index in [0.717, 1.165) is 30.3 Å². The normalized spacial score (nSPS) is 18.0. The first-order valence-electron chi connectivity index (χ1n) is 7.15. The summed E-state index contributed by atoms with van der Waals surface area (Å²) in [4.78, 5) is 18.8. The summed E-state index contributed by atoms with van der Waals surface area (Å²) < 4.78 is 0. The lowest BCUT2D eigenvalue weighted by Crippen LogP contribution is -2.30. The highest BCUT2D eigenvalue weighted by Gasteiger charge is 2.30. The Hall–Kier alpha value is -1.68. The average molecular weight is 345 g/mol. The second kappa shape index (κ2) is 6.39. The third-order valence-corrected chi connectivity index (χ3v) is 4.61. The van der Waals surface area contributed by atoms with Gasteiger partial charge in [0.1, 0.15) is 0 Å². The molecule has 1 atom stereocenters. The highest BCUT2D eigenvalue weighted by atomic mass is 79.9. The van der Waals surface area contributed by atoms with Gasteiger partial charge in [-0.05, 0) is 48.2 Å². The number of benzene rings is 1. The minimum absolute atomic E-state index is 0.121. The highest BCUT2D eigenvalue weighted by Crippen LogP contribution is 2.32. The number of likely N-dealkylation sites (tertiary alicyclic amines) is 1. The van der Waals surface area contributed by atoms with Crippen LogP contribution in [-0.2, 0) is 5.33 Å². The SMILES string of the molecule is O=C(c1ccc(CBr)cc1)N1CCCC1c1ccncc1. The van der Waals surface area contributed by atoms with Gasteiger partial charge in [0.05, 0.1) is 6.04 Å². The van der Waals surface area contributed by atoms with Crippen LogP contribution >= 0.6 is 15.9 Å². The average Bonchev–Trinajstić information content (AvgIpc) is 3.04. The van der Waals surface area contributed by atoms with Crippen molar-refractivity contribution in [3.8, 4) is 0 Å². The van der Waals surface area contributed by atoms with Gasteiger partial charge in [-0.3, -0.25) is 9.78 Å². The summed E-state index contributed by atoms with van der Waals surface area (Å²) in [5.74, 6) is 0.121. The number of nitrogens with zero attached hydrogens (tertiary/aromatic N) is 2. The predicted molar refractivity (Wildman–Crippen MR) is 86.3 cm³/mol. The number of hydrogen-bond donors (Lipinski definition) is 0. The maximum atomic E-state index is 12.7. The number of pyridine rings is 1. The molecule has 1 amide bonds. The molecule has 1 saturated heterocycles. The zero-order chi connectivity index (χ0) is 14.7. The fourth-order valence-corrected chi connectivity index (χ4v) is 3.22. The molecule has 2 aromatic rings. The number of halogens is 1. The first kappa shape index (κ1) is 14.3. The molecule has 1 aliphatic heterocycles. The number of carbonyl (C=O) groups excluding carboxylic acids is 1. The molecule has 1 aliphatic rings. The molecule has 3 nitrogen and oxygen atoms in total. The second-order valence-corrected chi connectivity index (χ2v) is 5.83. The largest absolute Gasteiger partial charge is 0.332 e. The number of amides is 1. The molecule has 0 bridgehead atoms. The van der Waals surface area contributed by atoms with Crippen molar-refractivity contribution in [3.05, 3.63) is 65.5 Å². The molecule has 0 radical (unpaired) electrons. The van der Waals surface area contributed by atoms with E-state index in [1.54, 1.807) is 12.4 Å². The van der Waals surface area contributed by atoms with Crippen LogP contribution in [-0.4, -0.2) is 22.3 Å². The van der Waals surface area contributed by atoms with Gasteiger partial charge in [-0.15, -0.1) is 0 Å². The van der Waals surface area contributed by atoms with E-state index in [2.05, 4.69) is 20.9 Å². The number of rotatable bonds is 3. The zero-order valence-corrected chi connectivity index (χ0v) is 13.3. The summed E-state index contributed by atoms with van der Waals surface area (Å²) in [7, 11) is 0. The summed E-state index contributed by atoms with van der Waals surface area (Å²) >= 11 is 3.42. The lowest BCUT2D eigenvalue weighted by atomic mass is 10.1. The number of carbonyl (C=O) groups is 1. The zero-order valence-electron chi connectivity index (χ0n) is 11.7. The van der Waals surface area contributed by atoms with Crippen LogP contribution in [0.5, 0.6) is 0 Å². The minimum Gasteiger partial charge on any atom is -0.332 e. The molecule has 21 heavy (non-hydrogen) atoms. The Morgan fingerprint density at radius 3 is 2.57 bits per heavy atom. The lowest BCUT2D eigenvalue weighted by molar-refractivity contribution is 0.0735. The first-order valence-corrected chi connectivity index (χ1v) is 8.27. The maximum absolute atomic E-state index is 12.7. The molecule has 3 rings (SSSR count). The standard InChI is InChI=1S/C17H17BrN2O/c18-12-13-3-5-15(6-4-13)17(21)20-11-1-2-16(20)14-7-9-19-10-8-14/h3-10,16H,1-2,11-12H2. The van der Waals surface area contributed by atoms with Crippen molar-refractivity contribution in [2.45, 2.75) is 24.2 Å². The van der Waals surface area contributed by atoms with Gasteiger partial charge in [-0.2, -0.15) is 0 Å². The van der Waals surface area contributed by atoms with Crippen LogP contribution in [0.15, 0.2) is 48.8 Å². The van der Waals surface area contributed by atoms with Crippen LogP contribution in [0.4, 0.5) is 0 Å². The van der Waals surface area contributed by atoms with Gasteiger partial charge in [0.15, 0.2) is 0 Å². The molecule has 4 heteroatoms. The van der Waals surface area contributed by atoms with Crippen LogP contribution in [0.2, 0.25) is 0 Å². The van der Waals surface area contributed by atoms with Crippen molar-refractivity contribution in [2.24, 2.45) is 0 Å². The van der Waals surface area contributed by atoms with Gasteiger partial charge >= 0.3 is 0 Å². The molecule has 0 aliphatic carbocycles. The van der Waals surface area contributed by atoms with E-state index in [1.807, 2.05) is 41.3 Å². The minimum atomic E-state index is 0.121. The smallest absolute Gasteiger partial charge is 0.254 e. The summed E-state index contributed by atoms with van der Waals surface area (Å²) in [5.41, 5.74) is 3.12. The molecule has 1 aromatic heterocycles. The molecule has 1 unspecified atom stereocenters. The Morgan fingerprint density at radius 1 is 1.19 bits per heavy atom. The number of aromatic nitrogens is 1. The van der Waals surface area contributed by atoms with E-state index < -0.39 is 0 Å². The van der Waals surface area contributed by atoms with Gasteiger partial charge in [0, 0.05) is 29.8 Å². The molecule has 0 saturated carbocycles. The summed E-state index contributed by atoms with van der Waals surface area (Å²) in [6.07, 6.45) is 5.66. The van der Waals surface area contributed by atoms with Gasteiger partial charge < -0.3 is 4.90 Å². The number of hydrogen-bond acceptors (Lipinski definition) is 2. The van der Waals surface area contributed by atoms with Crippen molar-refractivity contribution in [2.75, 3.05) is 6.54 Å². The highest BCUT2D eigenvalue weighted by molar-refractivity contribution is 9.08. The van der Waals surface area contributed by atoms with Crippen LogP contribution < -0.4 is 0 Å². The molecule has 0 spiro atoms. The van der Waals surface area contributed by atoms with Crippen molar-refractivity contribution in [1.29, 1.82) is 0 Å². The fourth-order valence-electron chi connectivity index (χ4n) is 2.84. The van der Waals surface area contributed by atoms with Crippen molar-refractivity contribution < 1.29 is 4.79 Å². The molecular weight excluding hydrogens is 328 g/mol. The third kappa shape index (κ3) is 3.00. The van der Waals surface area contributed by atoms with Gasteiger partial charge in [-0.1, -0.05) is 28.1 Å². The van der Waals surface area contributed by atoms with E-state index >= 15 is 0 Å². The van der Waals surface area contributed by atoms with Crippen LogP contribution in [0.1, 0.15) is 40.4 Å². The van der Waals surface area contributed by atoms with Crippen molar-refractivity contribution in [1.82, 2.24) is 9.88 Å². The van der Waals surface area contributed by atoms with Gasteiger partial charge in [0.2, 0.25) is 0 Å². The topological polar surface area (TPSA) is 33.2 Å². The second-order valence-electron chi connectivity index (χ2n) is 5.27. The Bertz CT molecular complexity index is 612. The van der Waals surface area contributed by atoms with E-state index in [1.165, 1.54) is 11.1 Å². The quantitative estimate of drug-likeness (QED) is 0.789.